The van der Waals surface area contributed by atoms with Crippen molar-refractivity contribution < 1.29 is 4.79 Å². The topological polar surface area (TPSA) is 20.3 Å². The molecule has 0 bridgehead atoms. The number of hydrogen-bond donors (Lipinski definition) is 0. The van der Waals surface area contributed by atoms with E-state index in [1.54, 1.807) is 0 Å². The maximum absolute atomic E-state index is 12.6. The second-order valence-corrected chi connectivity index (χ2v) is 6.28. The van der Waals surface area contributed by atoms with Gasteiger partial charge in [0, 0.05) is 17.1 Å². The van der Waals surface area contributed by atoms with E-state index in [4.69, 9.17) is 0 Å². The van der Waals surface area contributed by atoms with Crippen LogP contribution in [0, 0.1) is 12.8 Å². The maximum Gasteiger partial charge on any atom is 0.255 e. The van der Waals surface area contributed by atoms with Gasteiger partial charge in [-0.1, -0.05) is 25.5 Å². The van der Waals surface area contributed by atoms with Crippen LogP contribution in [0.25, 0.3) is 0 Å². The van der Waals surface area contributed by atoms with Crippen molar-refractivity contribution in [2.75, 3.05) is 6.54 Å². The van der Waals surface area contributed by atoms with Crippen molar-refractivity contribution in [3.8, 4) is 0 Å². The minimum Gasteiger partial charge on any atom is -0.336 e. The summed E-state index contributed by atoms with van der Waals surface area (Å²) in [6.07, 6.45) is 0. The van der Waals surface area contributed by atoms with Crippen molar-refractivity contribution in [3.05, 3.63) is 33.8 Å². The molecule has 0 spiro atoms. The molecule has 0 aliphatic rings. The molecule has 0 aliphatic heterocycles. The van der Waals surface area contributed by atoms with Gasteiger partial charge in [0.25, 0.3) is 5.91 Å². The fraction of sp³-hybridized carbons (Fsp3) is 0.533. The molecule has 3 heteroatoms. The Bertz CT molecular complexity index is 427. The molecule has 0 heterocycles. The van der Waals surface area contributed by atoms with Crippen LogP contribution in [0.4, 0.5) is 0 Å². The standard InChI is InChI=1S/C15H22BrNO/c1-10(2)9-17(11(3)4)15(18)13-8-12(5)6-7-14(13)16/h6-8,10-11H,9H2,1-5H3. The number of aryl methyl sites for hydroxylation is 1. The smallest absolute Gasteiger partial charge is 0.255 e. The van der Waals surface area contributed by atoms with Crippen LogP contribution in [-0.4, -0.2) is 23.4 Å². The van der Waals surface area contributed by atoms with Crippen LogP contribution >= 0.6 is 15.9 Å². The fourth-order valence-electron chi connectivity index (χ4n) is 1.88. The molecule has 0 fully saturated rings. The third-order valence-electron chi connectivity index (χ3n) is 2.80. The van der Waals surface area contributed by atoms with Crippen LogP contribution < -0.4 is 0 Å². The van der Waals surface area contributed by atoms with Gasteiger partial charge in [0.1, 0.15) is 0 Å². The normalized spacial score (nSPS) is 11.1. The summed E-state index contributed by atoms with van der Waals surface area (Å²) in [6.45, 7) is 11.2. The van der Waals surface area contributed by atoms with Crippen LogP contribution in [0.1, 0.15) is 43.6 Å². The highest BCUT2D eigenvalue weighted by molar-refractivity contribution is 9.10. The number of carbonyl (C=O) groups is 1. The van der Waals surface area contributed by atoms with Gasteiger partial charge in [0.2, 0.25) is 0 Å². The van der Waals surface area contributed by atoms with Gasteiger partial charge in [0.15, 0.2) is 0 Å². The van der Waals surface area contributed by atoms with Crippen LogP contribution in [0.3, 0.4) is 0 Å². The Hall–Kier alpha value is -0.830. The monoisotopic (exact) mass is 311 g/mol. The molecule has 0 saturated carbocycles. The van der Waals surface area contributed by atoms with E-state index in [1.165, 1.54) is 0 Å². The van der Waals surface area contributed by atoms with Crippen molar-refractivity contribution in [3.63, 3.8) is 0 Å². The molecule has 0 unspecified atom stereocenters. The predicted octanol–water partition coefficient (Wildman–Crippen LogP) is 4.26. The predicted molar refractivity (Wildman–Crippen MR) is 79.9 cm³/mol. The Morgan fingerprint density at radius 3 is 2.39 bits per heavy atom. The summed E-state index contributed by atoms with van der Waals surface area (Å²) in [7, 11) is 0. The number of rotatable bonds is 4. The Morgan fingerprint density at radius 2 is 1.89 bits per heavy atom. The minimum absolute atomic E-state index is 0.106. The summed E-state index contributed by atoms with van der Waals surface area (Å²) in [6, 6.07) is 6.11. The van der Waals surface area contributed by atoms with E-state index in [0.29, 0.717) is 5.92 Å². The molecule has 100 valence electrons. The molecule has 18 heavy (non-hydrogen) atoms. The zero-order valence-corrected chi connectivity index (χ0v) is 13.4. The van der Waals surface area contributed by atoms with E-state index >= 15 is 0 Å². The second kappa shape index (κ2) is 6.37. The van der Waals surface area contributed by atoms with Crippen molar-refractivity contribution in [2.24, 2.45) is 5.92 Å². The van der Waals surface area contributed by atoms with Crippen LogP contribution in [-0.2, 0) is 0 Å². The van der Waals surface area contributed by atoms with Gasteiger partial charge in [-0.3, -0.25) is 4.79 Å². The van der Waals surface area contributed by atoms with Gasteiger partial charge in [-0.05, 0) is 54.8 Å². The Morgan fingerprint density at radius 1 is 1.28 bits per heavy atom. The molecule has 1 rings (SSSR count). The van der Waals surface area contributed by atoms with Crippen LogP contribution in [0.15, 0.2) is 22.7 Å². The van der Waals surface area contributed by atoms with E-state index < -0.39 is 0 Å². The lowest BCUT2D eigenvalue weighted by Crippen LogP contribution is -2.39. The average Bonchev–Trinajstić information content (AvgIpc) is 2.27. The minimum atomic E-state index is 0.106. The summed E-state index contributed by atoms with van der Waals surface area (Å²) in [5.41, 5.74) is 1.86. The zero-order chi connectivity index (χ0) is 13.9. The first kappa shape index (κ1) is 15.2. The zero-order valence-electron chi connectivity index (χ0n) is 11.8. The fourth-order valence-corrected chi connectivity index (χ4v) is 2.30. The van der Waals surface area contributed by atoms with Crippen molar-refractivity contribution in [1.82, 2.24) is 4.90 Å². The van der Waals surface area contributed by atoms with Crippen LogP contribution in [0.2, 0.25) is 0 Å². The summed E-state index contributed by atoms with van der Waals surface area (Å²) in [5.74, 6) is 0.578. The molecule has 0 aliphatic carbocycles. The van der Waals surface area contributed by atoms with Crippen molar-refractivity contribution in [1.29, 1.82) is 0 Å². The number of nitrogens with zero attached hydrogens (tertiary/aromatic N) is 1. The van der Waals surface area contributed by atoms with E-state index in [-0.39, 0.29) is 11.9 Å². The Kier molecular flexibility index (Phi) is 5.39. The molecule has 0 atom stereocenters. The Labute approximate surface area is 119 Å². The molecule has 0 aromatic heterocycles. The summed E-state index contributed by atoms with van der Waals surface area (Å²) >= 11 is 3.47. The first-order chi connectivity index (χ1) is 8.32. The lowest BCUT2D eigenvalue weighted by Gasteiger charge is -2.29. The lowest BCUT2D eigenvalue weighted by atomic mass is 10.1. The summed E-state index contributed by atoms with van der Waals surface area (Å²) in [5, 5.41) is 0. The number of hydrogen-bond acceptors (Lipinski definition) is 1. The highest BCUT2D eigenvalue weighted by Crippen LogP contribution is 2.21. The van der Waals surface area contributed by atoms with Gasteiger partial charge >= 0.3 is 0 Å². The number of benzene rings is 1. The molecule has 2 nitrogen and oxygen atoms in total. The first-order valence-electron chi connectivity index (χ1n) is 6.40. The van der Waals surface area contributed by atoms with Gasteiger partial charge in [-0.2, -0.15) is 0 Å². The highest BCUT2D eigenvalue weighted by atomic mass is 79.9. The molecule has 0 radical (unpaired) electrons. The molecular weight excluding hydrogens is 290 g/mol. The highest BCUT2D eigenvalue weighted by Gasteiger charge is 2.21. The van der Waals surface area contributed by atoms with Gasteiger partial charge in [-0.15, -0.1) is 0 Å². The molecule has 0 N–H and O–H groups in total. The molecule has 1 amide bonds. The first-order valence-corrected chi connectivity index (χ1v) is 7.19. The van der Waals surface area contributed by atoms with E-state index in [0.717, 1.165) is 22.1 Å². The number of carbonyl (C=O) groups excluding carboxylic acids is 1. The molecule has 1 aromatic rings. The lowest BCUT2D eigenvalue weighted by molar-refractivity contribution is 0.0681. The molecular formula is C15H22BrNO. The van der Waals surface area contributed by atoms with Gasteiger partial charge < -0.3 is 4.90 Å². The number of halogens is 1. The van der Waals surface area contributed by atoms with Crippen molar-refractivity contribution >= 4 is 21.8 Å². The summed E-state index contributed by atoms with van der Waals surface area (Å²) in [4.78, 5) is 14.5. The van der Waals surface area contributed by atoms with Gasteiger partial charge in [-0.25, -0.2) is 0 Å². The number of amides is 1. The second-order valence-electron chi connectivity index (χ2n) is 5.43. The molecule has 0 saturated heterocycles. The molecule has 1 aromatic carbocycles. The van der Waals surface area contributed by atoms with Gasteiger partial charge in [0.05, 0.1) is 5.56 Å². The Balaban J connectivity index is 3.05. The maximum atomic E-state index is 12.6. The summed E-state index contributed by atoms with van der Waals surface area (Å²) < 4.78 is 0.868. The SMILES string of the molecule is Cc1ccc(Br)c(C(=O)N(CC(C)C)C(C)C)c1. The van der Waals surface area contributed by atoms with Crippen molar-refractivity contribution in [2.45, 2.75) is 40.7 Å². The quantitative estimate of drug-likeness (QED) is 0.813. The van der Waals surface area contributed by atoms with E-state index in [2.05, 4.69) is 43.6 Å². The van der Waals surface area contributed by atoms with E-state index in [9.17, 15) is 4.79 Å². The van der Waals surface area contributed by atoms with E-state index in [1.807, 2.05) is 30.0 Å². The third-order valence-corrected chi connectivity index (χ3v) is 3.49. The average molecular weight is 312 g/mol. The third kappa shape index (κ3) is 3.84. The van der Waals surface area contributed by atoms with Crippen LogP contribution in [0.5, 0.6) is 0 Å². The largest absolute Gasteiger partial charge is 0.336 e.